The summed E-state index contributed by atoms with van der Waals surface area (Å²) in [5.74, 6) is 0.618. The number of hydrogen-bond acceptors (Lipinski definition) is 5. The topological polar surface area (TPSA) is 83.0 Å². The van der Waals surface area contributed by atoms with E-state index < -0.39 is 0 Å². The highest BCUT2D eigenvalue weighted by Crippen LogP contribution is 2.30. The first-order chi connectivity index (χ1) is 13.2. The fraction of sp³-hybridized carbons (Fsp3) is 0.200. The van der Waals surface area contributed by atoms with Crippen LogP contribution in [0.1, 0.15) is 12.0 Å². The zero-order valence-corrected chi connectivity index (χ0v) is 15.0. The Kier molecular flexibility index (Phi) is 4.65. The number of carbonyl (C=O) groups is 1. The predicted octanol–water partition coefficient (Wildman–Crippen LogP) is 3.70. The van der Waals surface area contributed by atoms with Gasteiger partial charge in [0.2, 0.25) is 0 Å². The largest absolute Gasteiger partial charge is 0.382 e. The summed E-state index contributed by atoms with van der Waals surface area (Å²) in [5.41, 5.74) is 4.27. The molecule has 0 saturated carbocycles. The highest BCUT2D eigenvalue weighted by Gasteiger charge is 2.23. The number of rotatable bonds is 2. The number of nitrogens with zero attached hydrogens (tertiary/aromatic N) is 4. The van der Waals surface area contributed by atoms with Crippen LogP contribution in [0.5, 0.6) is 0 Å². The fourth-order valence-electron chi connectivity index (χ4n) is 3.04. The fourth-order valence-corrected chi connectivity index (χ4v) is 3.04. The summed E-state index contributed by atoms with van der Waals surface area (Å²) >= 11 is 0. The van der Waals surface area contributed by atoms with Crippen LogP contribution >= 0.6 is 0 Å². The average Bonchev–Trinajstić information content (AvgIpc) is 2.90. The number of nitrogens with one attached hydrogen (secondary N) is 2. The molecule has 3 aromatic heterocycles. The molecule has 0 aromatic carbocycles. The lowest BCUT2D eigenvalue weighted by atomic mass is 10.1. The smallest absolute Gasteiger partial charge is 0.327 e. The SMILES string of the molecule is Cc1cncc(-c2ccc3c(n2)N(C(=O)Nc2cccnc2)CCCN3)c1. The maximum absolute atomic E-state index is 12.9. The molecule has 1 aliphatic rings. The Balaban J connectivity index is 1.69. The number of anilines is 3. The van der Waals surface area contributed by atoms with Crippen LogP contribution < -0.4 is 15.5 Å². The first-order valence-corrected chi connectivity index (χ1v) is 8.86. The molecule has 0 radical (unpaired) electrons. The van der Waals surface area contributed by atoms with Crippen molar-refractivity contribution < 1.29 is 4.79 Å². The van der Waals surface area contributed by atoms with Gasteiger partial charge in [-0.15, -0.1) is 0 Å². The molecule has 0 aliphatic carbocycles. The van der Waals surface area contributed by atoms with Crippen molar-refractivity contribution in [2.24, 2.45) is 0 Å². The zero-order valence-electron chi connectivity index (χ0n) is 15.0. The van der Waals surface area contributed by atoms with Gasteiger partial charge in [-0.1, -0.05) is 0 Å². The van der Waals surface area contributed by atoms with E-state index in [0.717, 1.165) is 35.5 Å². The van der Waals surface area contributed by atoms with Crippen LogP contribution in [0, 0.1) is 6.92 Å². The Morgan fingerprint density at radius 2 is 2.11 bits per heavy atom. The van der Waals surface area contributed by atoms with Gasteiger partial charge < -0.3 is 10.6 Å². The van der Waals surface area contributed by atoms with Crippen molar-refractivity contribution in [1.82, 2.24) is 15.0 Å². The van der Waals surface area contributed by atoms with Gasteiger partial charge in [0.1, 0.15) is 0 Å². The zero-order chi connectivity index (χ0) is 18.6. The number of hydrogen-bond donors (Lipinski definition) is 2. The van der Waals surface area contributed by atoms with Crippen LogP contribution in [0.3, 0.4) is 0 Å². The first-order valence-electron chi connectivity index (χ1n) is 8.86. The van der Waals surface area contributed by atoms with E-state index in [-0.39, 0.29) is 6.03 Å². The van der Waals surface area contributed by atoms with Gasteiger partial charge in [0, 0.05) is 37.2 Å². The highest BCUT2D eigenvalue weighted by molar-refractivity contribution is 6.03. The van der Waals surface area contributed by atoms with Gasteiger partial charge in [-0.3, -0.25) is 14.9 Å². The number of aryl methyl sites for hydroxylation is 1. The molecule has 27 heavy (non-hydrogen) atoms. The minimum Gasteiger partial charge on any atom is -0.382 e. The number of pyridine rings is 3. The van der Waals surface area contributed by atoms with Crippen molar-refractivity contribution >= 4 is 23.2 Å². The average molecular weight is 360 g/mol. The van der Waals surface area contributed by atoms with E-state index in [1.54, 1.807) is 29.6 Å². The lowest BCUT2D eigenvalue weighted by molar-refractivity contribution is 0.257. The second-order valence-corrected chi connectivity index (χ2v) is 6.42. The number of fused-ring (bicyclic) bond motifs is 1. The van der Waals surface area contributed by atoms with Gasteiger partial charge in [0.05, 0.1) is 23.3 Å². The minimum atomic E-state index is -0.222. The van der Waals surface area contributed by atoms with E-state index in [2.05, 4.69) is 20.6 Å². The molecule has 0 bridgehead atoms. The van der Waals surface area contributed by atoms with Crippen molar-refractivity contribution in [1.29, 1.82) is 0 Å². The van der Waals surface area contributed by atoms with Gasteiger partial charge in [-0.2, -0.15) is 0 Å². The normalized spacial score (nSPS) is 13.3. The summed E-state index contributed by atoms with van der Waals surface area (Å²) in [6.45, 7) is 3.36. The molecule has 4 rings (SSSR count). The number of carbonyl (C=O) groups excluding carboxylic acids is 1. The summed E-state index contributed by atoms with van der Waals surface area (Å²) in [5, 5.41) is 6.24. The molecule has 136 valence electrons. The van der Waals surface area contributed by atoms with Crippen molar-refractivity contribution in [2.45, 2.75) is 13.3 Å². The Bertz CT molecular complexity index is 960. The molecule has 0 saturated heterocycles. The van der Waals surface area contributed by atoms with E-state index in [1.807, 2.05) is 37.4 Å². The second kappa shape index (κ2) is 7.41. The lowest BCUT2D eigenvalue weighted by Gasteiger charge is -2.22. The van der Waals surface area contributed by atoms with Crippen LogP contribution in [-0.4, -0.2) is 34.1 Å². The first kappa shape index (κ1) is 17.0. The molecular weight excluding hydrogens is 340 g/mol. The maximum atomic E-state index is 12.9. The molecule has 0 spiro atoms. The van der Waals surface area contributed by atoms with Gasteiger partial charge in [0.25, 0.3) is 0 Å². The molecule has 7 nitrogen and oxygen atoms in total. The molecule has 0 atom stereocenters. The molecular formula is C20H20N6O. The van der Waals surface area contributed by atoms with Crippen LogP contribution in [-0.2, 0) is 0 Å². The van der Waals surface area contributed by atoms with E-state index in [4.69, 9.17) is 4.98 Å². The Morgan fingerprint density at radius 3 is 2.93 bits per heavy atom. The molecule has 4 heterocycles. The van der Waals surface area contributed by atoms with Crippen molar-refractivity contribution in [3.63, 3.8) is 0 Å². The molecule has 0 fully saturated rings. The lowest BCUT2D eigenvalue weighted by Crippen LogP contribution is -2.36. The van der Waals surface area contributed by atoms with Crippen LogP contribution in [0.15, 0.2) is 55.1 Å². The monoisotopic (exact) mass is 360 g/mol. The van der Waals surface area contributed by atoms with Crippen LogP contribution in [0.4, 0.5) is 22.0 Å². The third kappa shape index (κ3) is 3.72. The Morgan fingerprint density at radius 1 is 1.19 bits per heavy atom. The van der Waals surface area contributed by atoms with Crippen molar-refractivity contribution in [3.05, 3.63) is 60.7 Å². The third-order valence-electron chi connectivity index (χ3n) is 4.33. The van der Waals surface area contributed by atoms with E-state index in [9.17, 15) is 4.79 Å². The van der Waals surface area contributed by atoms with E-state index >= 15 is 0 Å². The summed E-state index contributed by atoms with van der Waals surface area (Å²) in [7, 11) is 0. The van der Waals surface area contributed by atoms with Gasteiger partial charge in [-0.05, 0) is 49.2 Å². The Labute approximate surface area is 157 Å². The Hall–Kier alpha value is -3.48. The highest BCUT2D eigenvalue weighted by atomic mass is 16.2. The summed E-state index contributed by atoms with van der Waals surface area (Å²) in [6.07, 6.45) is 7.72. The quantitative estimate of drug-likeness (QED) is 0.728. The molecule has 3 aromatic rings. The predicted molar refractivity (Wildman–Crippen MR) is 106 cm³/mol. The van der Waals surface area contributed by atoms with Gasteiger partial charge in [-0.25, -0.2) is 9.78 Å². The molecule has 2 N–H and O–H groups in total. The van der Waals surface area contributed by atoms with E-state index in [0.29, 0.717) is 18.1 Å². The standard InChI is InChI=1S/C20H20N6O/c1-14-10-15(12-22-11-14)17-5-6-18-19(25-17)26(9-3-8-23-18)20(27)24-16-4-2-7-21-13-16/h2,4-7,10-13,23H,3,8-9H2,1H3,(H,24,27). The number of urea groups is 1. The molecule has 1 aliphatic heterocycles. The van der Waals surface area contributed by atoms with E-state index in [1.165, 1.54) is 0 Å². The number of aromatic nitrogens is 3. The molecule has 7 heteroatoms. The third-order valence-corrected chi connectivity index (χ3v) is 4.33. The molecule has 2 amide bonds. The number of amides is 2. The maximum Gasteiger partial charge on any atom is 0.327 e. The summed E-state index contributed by atoms with van der Waals surface area (Å²) in [6, 6.07) is 9.32. The van der Waals surface area contributed by atoms with Crippen molar-refractivity contribution in [2.75, 3.05) is 28.6 Å². The van der Waals surface area contributed by atoms with Crippen LogP contribution in [0.25, 0.3) is 11.3 Å². The summed E-state index contributed by atoms with van der Waals surface area (Å²) < 4.78 is 0. The van der Waals surface area contributed by atoms with Gasteiger partial charge in [0.15, 0.2) is 5.82 Å². The van der Waals surface area contributed by atoms with Gasteiger partial charge >= 0.3 is 6.03 Å². The van der Waals surface area contributed by atoms with Crippen LogP contribution in [0.2, 0.25) is 0 Å². The summed E-state index contributed by atoms with van der Waals surface area (Å²) in [4.78, 5) is 27.6. The minimum absolute atomic E-state index is 0.222. The second-order valence-electron chi connectivity index (χ2n) is 6.42. The van der Waals surface area contributed by atoms with Crippen molar-refractivity contribution in [3.8, 4) is 11.3 Å². The molecule has 0 unspecified atom stereocenters.